The average molecular weight is 358 g/mol. The minimum Gasteiger partial charge on any atom is -0.377 e. The zero-order chi connectivity index (χ0) is 18.7. The number of Topliss-reactive ketones (excluding diaryl/α,β-unsaturated/α-hetero) is 1. The summed E-state index contributed by atoms with van der Waals surface area (Å²) in [6.45, 7) is 5.35. The Hall–Kier alpha value is -2.21. The fourth-order valence-electron chi connectivity index (χ4n) is 3.71. The summed E-state index contributed by atoms with van der Waals surface area (Å²) in [5.74, 6) is -0.385. The van der Waals surface area contributed by atoms with E-state index >= 15 is 0 Å². The van der Waals surface area contributed by atoms with Crippen LogP contribution in [-0.4, -0.2) is 54.8 Å². The predicted molar refractivity (Wildman–Crippen MR) is 97.9 cm³/mol. The van der Waals surface area contributed by atoms with E-state index in [9.17, 15) is 14.4 Å². The normalized spacial score (nSPS) is 23.4. The van der Waals surface area contributed by atoms with E-state index < -0.39 is 0 Å². The van der Waals surface area contributed by atoms with Crippen molar-refractivity contribution in [3.05, 3.63) is 29.8 Å². The minimum absolute atomic E-state index is 0.0241. The lowest BCUT2D eigenvalue weighted by molar-refractivity contribution is -0.145. The van der Waals surface area contributed by atoms with Crippen LogP contribution in [0.3, 0.4) is 0 Å². The van der Waals surface area contributed by atoms with Gasteiger partial charge in [0.25, 0.3) is 0 Å². The quantitative estimate of drug-likeness (QED) is 0.805. The molecule has 0 bridgehead atoms. The summed E-state index contributed by atoms with van der Waals surface area (Å²) in [5.41, 5.74) is 2.05. The second kappa shape index (κ2) is 7.99. The highest BCUT2D eigenvalue weighted by Gasteiger charge is 2.39. The maximum absolute atomic E-state index is 13.0. The van der Waals surface area contributed by atoms with Crippen LogP contribution in [0.4, 0.5) is 5.69 Å². The first-order chi connectivity index (χ1) is 12.5. The summed E-state index contributed by atoms with van der Waals surface area (Å²) in [6, 6.07) is 7.70. The molecule has 0 saturated carbocycles. The van der Waals surface area contributed by atoms with E-state index in [2.05, 4.69) is 6.92 Å². The molecule has 0 unspecified atom stereocenters. The van der Waals surface area contributed by atoms with Gasteiger partial charge < -0.3 is 14.5 Å². The largest absolute Gasteiger partial charge is 0.377 e. The van der Waals surface area contributed by atoms with E-state index in [1.54, 1.807) is 9.80 Å². The molecular weight excluding hydrogens is 332 g/mol. The van der Waals surface area contributed by atoms with Crippen molar-refractivity contribution in [1.82, 2.24) is 4.90 Å². The van der Waals surface area contributed by atoms with E-state index in [0.717, 1.165) is 12.1 Å². The van der Waals surface area contributed by atoms with Crippen molar-refractivity contribution < 1.29 is 19.1 Å². The standard InChI is InChI=1S/C20H26N2O4/c1-3-15-4-6-17(7-5-15)22-12-16(11-19(22)24)20(25)21-8-9-26-13-18(21)10-14(2)23/h4-7,16,18H,3,8-13H2,1-2H3/t16-,18-/m0/s1. The van der Waals surface area contributed by atoms with Crippen molar-refractivity contribution in [2.45, 2.75) is 39.2 Å². The van der Waals surface area contributed by atoms with Gasteiger partial charge in [0.1, 0.15) is 5.78 Å². The number of hydrogen-bond acceptors (Lipinski definition) is 4. The number of amides is 2. The van der Waals surface area contributed by atoms with E-state index in [4.69, 9.17) is 4.74 Å². The van der Waals surface area contributed by atoms with Gasteiger partial charge in [0.15, 0.2) is 0 Å². The van der Waals surface area contributed by atoms with Crippen molar-refractivity contribution in [2.75, 3.05) is 31.2 Å². The van der Waals surface area contributed by atoms with Crippen molar-refractivity contribution >= 4 is 23.3 Å². The number of morpholine rings is 1. The number of carbonyl (C=O) groups excluding carboxylic acids is 3. The van der Waals surface area contributed by atoms with Crippen LogP contribution < -0.4 is 4.90 Å². The van der Waals surface area contributed by atoms with Crippen molar-refractivity contribution in [1.29, 1.82) is 0 Å². The average Bonchev–Trinajstić information content (AvgIpc) is 3.03. The molecule has 140 valence electrons. The molecule has 0 aromatic heterocycles. The topological polar surface area (TPSA) is 66.9 Å². The summed E-state index contributed by atoms with van der Waals surface area (Å²) in [5, 5.41) is 0. The second-order valence-electron chi connectivity index (χ2n) is 7.09. The van der Waals surface area contributed by atoms with Gasteiger partial charge in [0.2, 0.25) is 11.8 Å². The number of hydrogen-bond donors (Lipinski definition) is 0. The van der Waals surface area contributed by atoms with Crippen LogP contribution in [0.5, 0.6) is 0 Å². The molecule has 6 heteroatoms. The van der Waals surface area contributed by atoms with Gasteiger partial charge in [-0.25, -0.2) is 0 Å². The Balaban J connectivity index is 1.70. The first-order valence-electron chi connectivity index (χ1n) is 9.26. The minimum atomic E-state index is -0.360. The zero-order valence-corrected chi connectivity index (χ0v) is 15.4. The third-order valence-electron chi connectivity index (χ3n) is 5.16. The lowest BCUT2D eigenvalue weighted by Crippen LogP contribution is -2.51. The maximum atomic E-state index is 13.0. The molecule has 6 nitrogen and oxygen atoms in total. The smallest absolute Gasteiger partial charge is 0.228 e. The zero-order valence-electron chi connectivity index (χ0n) is 15.4. The number of carbonyl (C=O) groups is 3. The van der Waals surface area contributed by atoms with E-state index in [1.807, 2.05) is 24.3 Å². The van der Waals surface area contributed by atoms with Gasteiger partial charge in [-0.3, -0.25) is 14.4 Å². The molecule has 2 aliphatic heterocycles. The number of nitrogens with zero attached hydrogens (tertiary/aromatic N) is 2. The molecule has 2 saturated heterocycles. The Bertz CT molecular complexity index is 686. The van der Waals surface area contributed by atoms with E-state index in [-0.39, 0.29) is 36.0 Å². The highest BCUT2D eigenvalue weighted by Crippen LogP contribution is 2.28. The Morgan fingerprint density at radius 2 is 1.96 bits per heavy atom. The molecule has 0 radical (unpaired) electrons. The highest BCUT2D eigenvalue weighted by atomic mass is 16.5. The van der Waals surface area contributed by atoms with Gasteiger partial charge in [-0.05, 0) is 31.0 Å². The molecule has 3 rings (SSSR count). The number of ketones is 1. The first kappa shape index (κ1) is 18.6. The Kier molecular flexibility index (Phi) is 5.71. The Morgan fingerprint density at radius 3 is 2.62 bits per heavy atom. The number of anilines is 1. The van der Waals surface area contributed by atoms with Crippen molar-refractivity contribution in [3.8, 4) is 0 Å². The molecule has 26 heavy (non-hydrogen) atoms. The monoisotopic (exact) mass is 358 g/mol. The first-order valence-corrected chi connectivity index (χ1v) is 9.26. The van der Waals surface area contributed by atoms with Gasteiger partial charge in [0, 0.05) is 31.6 Å². The second-order valence-corrected chi connectivity index (χ2v) is 7.09. The van der Waals surface area contributed by atoms with Crippen LogP contribution in [0.1, 0.15) is 32.3 Å². The van der Waals surface area contributed by atoms with Crippen LogP contribution >= 0.6 is 0 Å². The third-order valence-corrected chi connectivity index (χ3v) is 5.16. The van der Waals surface area contributed by atoms with Crippen LogP contribution in [0.2, 0.25) is 0 Å². The Labute approximate surface area is 154 Å². The summed E-state index contributed by atoms with van der Waals surface area (Å²) in [7, 11) is 0. The van der Waals surface area contributed by atoms with Crippen LogP contribution in [0.15, 0.2) is 24.3 Å². The van der Waals surface area contributed by atoms with E-state index in [0.29, 0.717) is 32.7 Å². The van der Waals surface area contributed by atoms with Gasteiger partial charge in [-0.2, -0.15) is 0 Å². The number of ether oxygens (including phenoxy) is 1. The summed E-state index contributed by atoms with van der Waals surface area (Å²) < 4.78 is 5.44. The van der Waals surface area contributed by atoms with Gasteiger partial charge >= 0.3 is 0 Å². The van der Waals surface area contributed by atoms with Gasteiger partial charge in [0.05, 0.1) is 25.2 Å². The fourth-order valence-corrected chi connectivity index (χ4v) is 3.71. The molecular formula is C20H26N2O4. The summed E-state index contributed by atoms with van der Waals surface area (Å²) >= 11 is 0. The molecule has 1 aromatic rings. The highest BCUT2D eigenvalue weighted by molar-refractivity contribution is 6.00. The predicted octanol–water partition coefficient (Wildman–Crippen LogP) is 1.81. The van der Waals surface area contributed by atoms with Crippen LogP contribution in [0, 0.1) is 5.92 Å². The van der Waals surface area contributed by atoms with Crippen LogP contribution in [0.25, 0.3) is 0 Å². The third kappa shape index (κ3) is 3.96. The van der Waals surface area contributed by atoms with Crippen molar-refractivity contribution in [2.24, 2.45) is 5.92 Å². The molecule has 2 aliphatic rings. The molecule has 2 fully saturated rings. The number of aryl methyl sites for hydroxylation is 1. The van der Waals surface area contributed by atoms with E-state index in [1.165, 1.54) is 12.5 Å². The SMILES string of the molecule is CCc1ccc(N2C[C@@H](C(=O)N3CCOC[C@@H]3CC(C)=O)CC2=O)cc1. The molecule has 0 N–H and O–H groups in total. The van der Waals surface area contributed by atoms with Crippen LogP contribution in [-0.2, 0) is 25.5 Å². The molecule has 1 aromatic carbocycles. The number of benzene rings is 1. The van der Waals surface area contributed by atoms with Gasteiger partial charge in [-0.15, -0.1) is 0 Å². The summed E-state index contributed by atoms with van der Waals surface area (Å²) in [6.07, 6.45) is 1.47. The molecule has 0 aliphatic carbocycles. The van der Waals surface area contributed by atoms with Gasteiger partial charge in [-0.1, -0.05) is 19.1 Å². The molecule has 0 spiro atoms. The summed E-state index contributed by atoms with van der Waals surface area (Å²) in [4.78, 5) is 40.4. The maximum Gasteiger partial charge on any atom is 0.228 e. The van der Waals surface area contributed by atoms with Crippen molar-refractivity contribution in [3.63, 3.8) is 0 Å². The number of rotatable bonds is 5. The molecule has 2 amide bonds. The lowest BCUT2D eigenvalue weighted by atomic mass is 10.0. The molecule has 2 heterocycles. The molecule has 2 atom stereocenters. The lowest BCUT2D eigenvalue weighted by Gasteiger charge is -2.36. The fraction of sp³-hybridized carbons (Fsp3) is 0.550. The Morgan fingerprint density at radius 1 is 1.23 bits per heavy atom.